The molecule has 1 aliphatic heterocycles. The predicted molar refractivity (Wildman–Crippen MR) is 94.8 cm³/mol. The highest BCUT2D eigenvalue weighted by molar-refractivity contribution is 7.98. The zero-order chi connectivity index (χ0) is 17.1. The highest BCUT2D eigenvalue weighted by Crippen LogP contribution is 2.39. The van der Waals surface area contributed by atoms with E-state index in [0.29, 0.717) is 17.3 Å². The summed E-state index contributed by atoms with van der Waals surface area (Å²) in [4.78, 5) is 43.5. The number of carbonyl (C=O) groups is 3. The molecular weight excluding hydrogens is 346 g/mol. The fourth-order valence-corrected chi connectivity index (χ4v) is 4.57. The number of aromatic nitrogens is 1. The zero-order valence-corrected chi connectivity index (χ0v) is 15.2. The maximum atomic E-state index is 12.8. The summed E-state index contributed by atoms with van der Waals surface area (Å²) in [5.41, 5.74) is 0. The van der Waals surface area contributed by atoms with E-state index in [-0.39, 0.29) is 29.6 Å². The number of nitrogens with one attached hydrogen (secondary N) is 1. The number of likely N-dealkylation sites (tertiary alicyclic amines) is 1. The quantitative estimate of drug-likeness (QED) is 0.781. The van der Waals surface area contributed by atoms with Crippen LogP contribution in [0.4, 0.5) is 5.13 Å². The molecule has 2 fully saturated rings. The molecule has 0 unspecified atom stereocenters. The maximum Gasteiger partial charge on any atom is 0.249 e. The highest BCUT2D eigenvalue weighted by atomic mass is 32.2. The normalized spacial score (nSPS) is 24.8. The van der Waals surface area contributed by atoms with Crippen LogP contribution in [0.15, 0.2) is 11.6 Å². The molecule has 1 saturated heterocycles. The third kappa shape index (κ3) is 3.35. The van der Waals surface area contributed by atoms with Gasteiger partial charge < -0.3 is 5.32 Å². The van der Waals surface area contributed by atoms with Gasteiger partial charge in [-0.15, -0.1) is 11.3 Å². The summed E-state index contributed by atoms with van der Waals surface area (Å²) in [6, 6.07) is -0.744. The van der Waals surface area contributed by atoms with Gasteiger partial charge in [0.25, 0.3) is 0 Å². The lowest BCUT2D eigenvalue weighted by atomic mass is 9.81. The van der Waals surface area contributed by atoms with Crippen LogP contribution >= 0.6 is 23.1 Å². The van der Waals surface area contributed by atoms with Gasteiger partial charge in [0.2, 0.25) is 17.7 Å². The van der Waals surface area contributed by atoms with Crippen LogP contribution < -0.4 is 5.32 Å². The Hall–Kier alpha value is -1.41. The molecule has 2 heterocycles. The van der Waals surface area contributed by atoms with E-state index in [2.05, 4.69) is 10.3 Å². The molecule has 0 bridgehead atoms. The highest BCUT2D eigenvalue weighted by Gasteiger charge is 2.51. The van der Waals surface area contributed by atoms with Gasteiger partial charge in [-0.3, -0.25) is 19.3 Å². The molecule has 1 N–H and O–H groups in total. The van der Waals surface area contributed by atoms with Crippen molar-refractivity contribution in [3.8, 4) is 0 Å². The molecule has 1 saturated carbocycles. The van der Waals surface area contributed by atoms with E-state index in [1.165, 1.54) is 16.2 Å². The number of anilines is 1. The first-order valence-corrected chi connectivity index (χ1v) is 10.5. The number of imide groups is 1. The molecule has 130 valence electrons. The van der Waals surface area contributed by atoms with Gasteiger partial charge in [-0.25, -0.2) is 4.98 Å². The van der Waals surface area contributed by atoms with Crippen LogP contribution in [0, 0.1) is 11.8 Å². The van der Waals surface area contributed by atoms with Crippen molar-refractivity contribution in [2.45, 2.75) is 38.1 Å². The van der Waals surface area contributed by atoms with E-state index in [1.54, 1.807) is 23.3 Å². The molecule has 1 aliphatic carbocycles. The third-order valence-electron chi connectivity index (χ3n) is 4.75. The Kier molecular flexibility index (Phi) is 5.55. The zero-order valence-electron chi connectivity index (χ0n) is 13.6. The molecule has 0 spiro atoms. The van der Waals surface area contributed by atoms with Crippen LogP contribution in [-0.4, -0.2) is 45.7 Å². The fourth-order valence-electron chi connectivity index (χ4n) is 3.58. The number of hydrogen-bond donors (Lipinski definition) is 1. The first-order chi connectivity index (χ1) is 11.6. The summed E-state index contributed by atoms with van der Waals surface area (Å²) < 4.78 is 0. The lowest BCUT2D eigenvalue weighted by molar-refractivity contribution is -0.146. The lowest BCUT2D eigenvalue weighted by Crippen LogP contribution is -2.48. The Morgan fingerprint density at radius 1 is 1.38 bits per heavy atom. The number of hydrogen-bond acceptors (Lipinski definition) is 6. The molecule has 24 heavy (non-hydrogen) atoms. The van der Waals surface area contributed by atoms with Crippen LogP contribution in [-0.2, 0) is 14.4 Å². The van der Waals surface area contributed by atoms with Crippen molar-refractivity contribution in [2.24, 2.45) is 11.8 Å². The molecule has 1 aromatic rings. The van der Waals surface area contributed by atoms with E-state index < -0.39 is 6.04 Å². The Morgan fingerprint density at radius 2 is 2.04 bits per heavy atom. The molecule has 6 nitrogen and oxygen atoms in total. The standard InChI is InChI=1S/C16H21N3O3S2/c1-23-8-6-12(13(20)18-16-17-7-9-24-16)19-14(21)10-4-2-3-5-11(10)15(19)22/h7,9-12H,2-6,8H2,1H3,(H,17,18,20)/t10-,11+,12-/m0/s1. The van der Waals surface area contributed by atoms with Crippen molar-refractivity contribution in [3.05, 3.63) is 11.6 Å². The van der Waals surface area contributed by atoms with Gasteiger partial charge in [-0.05, 0) is 31.3 Å². The molecule has 0 aromatic carbocycles. The fraction of sp³-hybridized carbons (Fsp3) is 0.625. The Bertz CT molecular complexity index is 596. The van der Waals surface area contributed by atoms with Gasteiger partial charge in [0.05, 0.1) is 11.8 Å². The van der Waals surface area contributed by atoms with Crippen LogP contribution in [0.5, 0.6) is 0 Å². The maximum absolute atomic E-state index is 12.8. The minimum atomic E-state index is -0.744. The number of rotatable bonds is 6. The van der Waals surface area contributed by atoms with E-state index in [9.17, 15) is 14.4 Å². The molecule has 3 rings (SSSR count). The van der Waals surface area contributed by atoms with E-state index >= 15 is 0 Å². The Balaban J connectivity index is 1.80. The second-order valence-electron chi connectivity index (χ2n) is 6.17. The minimum Gasteiger partial charge on any atom is -0.300 e. The van der Waals surface area contributed by atoms with Crippen LogP contribution in [0.3, 0.4) is 0 Å². The van der Waals surface area contributed by atoms with Crippen LogP contribution in [0.2, 0.25) is 0 Å². The smallest absolute Gasteiger partial charge is 0.249 e. The van der Waals surface area contributed by atoms with Gasteiger partial charge >= 0.3 is 0 Å². The Morgan fingerprint density at radius 3 is 2.58 bits per heavy atom. The first kappa shape index (κ1) is 17.4. The molecule has 1 aromatic heterocycles. The number of nitrogens with zero attached hydrogens (tertiary/aromatic N) is 2. The lowest BCUT2D eigenvalue weighted by Gasteiger charge is -2.25. The minimum absolute atomic E-state index is 0.162. The number of fused-ring (bicyclic) bond motifs is 1. The van der Waals surface area contributed by atoms with Crippen molar-refractivity contribution < 1.29 is 14.4 Å². The molecular formula is C16H21N3O3S2. The van der Waals surface area contributed by atoms with Gasteiger partial charge in [-0.2, -0.15) is 11.8 Å². The number of amides is 3. The topological polar surface area (TPSA) is 79.4 Å². The summed E-state index contributed by atoms with van der Waals surface area (Å²) in [7, 11) is 0. The van der Waals surface area contributed by atoms with Crippen LogP contribution in [0.25, 0.3) is 0 Å². The van der Waals surface area contributed by atoms with Crippen molar-refractivity contribution in [1.82, 2.24) is 9.88 Å². The molecule has 3 atom stereocenters. The van der Waals surface area contributed by atoms with E-state index in [0.717, 1.165) is 25.7 Å². The van der Waals surface area contributed by atoms with Crippen molar-refractivity contribution in [3.63, 3.8) is 0 Å². The number of thioether (sulfide) groups is 1. The molecule has 8 heteroatoms. The molecule has 2 aliphatic rings. The second-order valence-corrected chi connectivity index (χ2v) is 8.05. The van der Waals surface area contributed by atoms with Gasteiger partial charge in [0.1, 0.15) is 6.04 Å². The first-order valence-electron chi connectivity index (χ1n) is 8.19. The number of thiazole rings is 1. The number of carbonyl (C=O) groups excluding carboxylic acids is 3. The average molecular weight is 367 g/mol. The summed E-state index contributed by atoms with van der Waals surface area (Å²) in [6.07, 6.45) is 7.50. The van der Waals surface area contributed by atoms with E-state index in [4.69, 9.17) is 0 Å². The average Bonchev–Trinajstić information content (AvgIpc) is 3.18. The summed E-state index contributed by atoms with van der Waals surface area (Å²) in [5.74, 6) is -0.386. The Labute approximate surface area is 149 Å². The predicted octanol–water partition coefficient (Wildman–Crippen LogP) is 2.38. The summed E-state index contributed by atoms with van der Waals surface area (Å²) in [5, 5.41) is 5.01. The summed E-state index contributed by atoms with van der Waals surface area (Å²) in [6.45, 7) is 0. The van der Waals surface area contributed by atoms with E-state index in [1.807, 2.05) is 6.26 Å². The van der Waals surface area contributed by atoms with Gasteiger partial charge in [-0.1, -0.05) is 12.8 Å². The van der Waals surface area contributed by atoms with Gasteiger partial charge in [0.15, 0.2) is 5.13 Å². The second kappa shape index (κ2) is 7.65. The van der Waals surface area contributed by atoms with Crippen molar-refractivity contribution in [1.29, 1.82) is 0 Å². The largest absolute Gasteiger partial charge is 0.300 e. The van der Waals surface area contributed by atoms with Crippen molar-refractivity contribution >= 4 is 46.0 Å². The van der Waals surface area contributed by atoms with Gasteiger partial charge in [0, 0.05) is 11.6 Å². The third-order valence-corrected chi connectivity index (χ3v) is 6.08. The van der Waals surface area contributed by atoms with Crippen molar-refractivity contribution in [2.75, 3.05) is 17.3 Å². The summed E-state index contributed by atoms with van der Waals surface area (Å²) >= 11 is 2.92. The SMILES string of the molecule is CSCC[C@@H](C(=O)Nc1nccs1)N1C(=O)[C@H]2CCCC[C@H]2C1=O. The van der Waals surface area contributed by atoms with Crippen LogP contribution in [0.1, 0.15) is 32.1 Å². The molecule has 3 amide bonds. The molecule has 0 radical (unpaired) electrons. The monoisotopic (exact) mass is 367 g/mol.